The average Bonchev–Trinajstić information content (AvgIpc) is 3.75. The molecule has 4 aliphatic rings. The summed E-state index contributed by atoms with van der Waals surface area (Å²) in [4.78, 5) is 35.9. The molecule has 6 nitrogen and oxygen atoms in total. The molecule has 0 saturated carbocycles. The highest BCUT2D eigenvalue weighted by atomic mass is 16.2. The van der Waals surface area contributed by atoms with E-state index in [4.69, 9.17) is 0 Å². The van der Waals surface area contributed by atoms with Crippen LogP contribution in [0.4, 0.5) is 34.1 Å². The van der Waals surface area contributed by atoms with E-state index in [-0.39, 0.29) is 11.8 Å². The van der Waals surface area contributed by atoms with E-state index in [1.807, 2.05) is 6.07 Å². The Kier molecular flexibility index (Phi) is 4.72. The lowest BCUT2D eigenvalue weighted by molar-refractivity contribution is 0.0693. The third-order valence-corrected chi connectivity index (χ3v) is 8.81. The topological polar surface area (TPSA) is 47.1 Å². The molecule has 4 aromatic rings. The van der Waals surface area contributed by atoms with Gasteiger partial charge in [0.15, 0.2) is 0 Å². The lowest BCUT2D eigenvalue weighted by atomic mass is 9.99. The standard InChI is InChI=1S/C33H28N4O2/c1-34-32(38)29-27(35-17-14-21-8-2-5-11-24(21)35)20-28(36-18-15-22-9-3-6-12-25(22)36)31(30(29)33(34)39)37-19-16-23-10-4-7-13-26(23)37/h2-13,20H,14-19H2,1H3. The van der Waals surface area contributed by atoms with E-state index in [0.717, 1.165) is 67.3 Å². The van der Waals surface area contributed by atoms with Crippen LogP contribution >= 0.6 is 0 Å². The minimum atomic E-state index is -0.225. The Morgan fingerprint density at radius 2 is 0.949 bits per heavy atom. The molecule has 0 unspecified atom stereocenters. The number of amides is 2. The second-order valence-electron chi connectivity index (χ2n) is 10.8. The Balaban J connectivity index is 1.44. The summed E-state index contributed by atoms with van der Waals surface area (Å²) in [5.74, 6) is -0.450. The number of fused-ring (bicyclic) bond motifs is 4. The Morgan fingerprint density at radius 3 is 1.51 bits per heavy atom. The second-order valence-corrected chi connectivity index (χ2v) is 10.8. The molecule has 0 atom stereocenters. The number of carbonyl (C=O) groups is 2. The van der Waals surface area contributed by atoms with E-state index in [2.05, 4.69) is 87.5 Å². The van der Waals surface area contributed by atoms with Gasteiger partial charge >= 0.3 is 0 Å². The van der Waals surface area contributed by atoms with Crippen molar-refractivity contribution in [2.24, 2.45) is 0 Å². The minimum absolute atomic E-state index is 0.225. The zero-order chi connectivity index (χ0) is 26.2. The van der Waals surface area contributed by atoms with E-state index in [1.54, 1.807) is 7.05 Å². The summed E-state index contributed by atoms with van der Waals surface area (Å²) < 4.78 is 0. The van der Waals surface area contributed by atoms with Gasteiger partial charge in [-0.2, -0.15) is 0 Å². The van der Waals surface area contributed by atoms with Crippen LogP contribution in [0.3, 0.4) is 0 Å². The molecule has 0 spiro atoms. The number of carbonyl (C=O) groups excluding carboxylic acids is 2. The predicted molar refractivity (Wildman–Crippen MR) is 154 cm³/mol. The molecule has 39 heavy (non-hydrogen) atoms. The third kappa shape index (κ3) is 3.08. The zero-order valence-electron chi connectivity index (χ0n) is 21.9. The Bertz CT molecular complexity index is 1710. The Hall–Kier alpha value is -4.58. The third-order valence-electron chi connectivity index (χ3n) is 8.81. The van der Waals surface area contributed by atoms with Gasteiger partial charge in [-0.25, -0.2) is 0 Å². The molecule has 4 aliphatic heterocycles. The molecule has 4 heterocycles. The van der Waals surface area contributed by atoms with Gasteiger partial charge in [-0.3, -0.25) is 14.5 Å². The van der Waals surface area contributed by atoms with Gasteiger partial charge in [0.2, 0.25) is 0 Å². The van der Waals surface area contributed by atoms with Gasteiger partial charge in [-0.1, -0.05) is 54.6 Å². The van der Waals surface area contributed by atoms with Gasteiger partial charge < -0.3 is 14.7 Å². The fourth-order valence-electron chi connectivity index (χ4n) is 6.94. The van der Waals surface area contributed by atoms with Gasteiger partial charge in [-0.15, -0.1) is 0 Å². The zero-order valence-corrected chi connectivity index (χ0v) is 21.9. The number of hydrogen-bond acceptors (Lipinski definition) is 5. The predicted octanol–water partition coefficient (Wildman–Crippen LogP) is 6.00. The number of anilines is 6. The molecule has 8 rings (SSSR count). The van der Waals surface area contributed by atoms with Crippen molar-refractivity contribution in [1.82, 2.24) is 4.90 Å². The van der Waals surface area contributed by atoms with Crippen molar-refractivity contribution in [1.29, 1.82) is 0 Å². The van der Waals surface area contributed by atoms with Gasteiger partial charge in [0.05, 0.1) is 28.2 Å². The quantitative estimate of drug-likeness (QED) is 0.316. The van der Waals surface area contributed by atoms with Crippen LogP contribution in [0, 0.1) is 0 Å². The number of benzene rings is 4. The highest BCUT2D eigenvalue weighted by molar-refractivity contribution is 6.28. The smallest absolute Gasteiger partial charge is 0.263 e. The molecule has 192 valence electrons. The summed E-state index contributed by atoms with van der Waals surface area (Å²) in [6.07, 6.45) is 2.75. The molecule has 0 fully saturated rings. The summed E-state index contributed by atoms with van der Waals surface area (Å²) in [5, 5.41) is 0. The summed E-state index contributed by atoms with van der Waals surface area (Å²) in [6.45, 7) is 2.37. The molecule has 0 N–H and O–H groups in total. The maximum absolute atomic E-state index is 14.0. The second kappa shape index (κ2) is 8.21. The van der Waals surface area contributed by atoms with Gasteiger partial charge in [0, 0.05) is 43.7 Å². The van der Waals surface area contributed by atoms with Crippen LogP contribution < -0.4 is 14.7 Å². The van der Waals surface area contributed by atoms with Crippen molar-refractivity contribution < 1.29 is 9.59 Å². The van der Waals surface area contributed by atoms with Gasteiger partial charge in [0.25, 0.3) is 11.8 Å². The fraction of sp³-hybridized carbons (Fsp3) is 0.212. The van der Waals surface area contributed by atoms with Gasteiger partial charge in [-0.05, 0) is 60.2 Å². The molecule has 0 aliphatic carbocycles. The van der Waals surface area contributed by atoms with Crippen LogP contribution in [0.2, 0.25) is 0 Å². The monoisotopic (exact) mass is 512 g/mol. The van der Waals surface area contributed by atoms with Crippen LogP contribution in [0.5, 0.6) is 0 Å². The molecule has 0 saturated heterocycles. The normalized spacial score (nSPS) is 17.2. The van der Waals surface area contributed by atoms with E-state index in [9.17, 15) is 9.59 Å². The maximum atomic E-state index is 14.0. The van der Waals surface area contributed by atoms with Crippen molar-refractivity contribution in [3.8, 4) is 0 Å². The van der Waals surface area contributed by atoms with Crippen molar-refractivity contribution in [3.05, 3.63) is 107 Å². The first kappa shape index (κ1) is 22.4. The molecule has 0 radical (unpaired) electrons. The van der Waals surface area contributed by atoms with Crippen LogP contribution in [0.1, 0.15) is 37.4 Å². The molecule has 6 heteroatoms. The number of imide groups is 1. The summed E-state index contributed by atoms with van der Waals surface area (Å²) in [6, 6.07) is 27.5. The lowest BCUT2D eigenvalue weighted by Crippen LogP contribution is -2.26. The van der Waals surface area contributed by atoms with Crippen LogP contribution in [-0.4, -0.2) is 43.4 Å². The van der Waals surface area contributed by atoms with E-state index in [1.165, 1.54) is 27.3 Å². The highest BCUT2D eigenvalue weighted by Crippen LogP contribution is 2.52. The maximum Gasteiger partial charge on any atom is 0.263 e. The summed E-state index contributed by atoms with van der Waals surface area (Å²) in [7, 11) is 1.61. The fourth-order valence-corrected chi connectivity index (χ4v) is 6.94. The largest absolute Gasteiger partial charge is 0.340 e. The van der Waals surface area contributed by atoms with Crippen LogP contribution in [-0.2, 0) is 19.3 Å². The van der Waals surface area contributed by atoms with Crippen molar-refractivity contribution in [2.45, 2.75) is 19.3 Å². The first-order valence-electron chi connectivity index (χ1n) is 13.7. The molecule has 0 bridgehead atoms. The average molecular weight is 513 g/mol. The molecule has 4 aromatic carbocycles. The highest BCUT2D eigenvalue weighted by Gasteiger charge is 2.44. The number of hydrogen-bond donors (Lipinski definition) is 0. The number of para-hydroxylation sites is 3. The van der Waals surface area contributed by atoms with Crippen LogP contribution in [0.25, 0.3) is 0 Å². The molecular formula is C33H28N4O2. The molecule has 0 aromatic heterocycles. The van der Waals surface area contributed by atoms with Crippen molar-refractivity contribution in [3.63, 3.8) is 0 Å². The van der Waals surface area contributed by atoms with E-state index >= 15 is 0 Å². The first-order valence-corrected chi connectivity index (χ1v) is 13.7. The van der Waals surface area contributed by atoms with Crippen molar-refractivity contribution in [2.75, 3.05) is 41.4 Å². The minimum Gasteiger partial charge on any atom is -0.340 e. The van der Waals surface area contributed by atoms with E-state index in [0.29, 0.717) is 11.1 Å². The Morgan fingerprint density at radius 1 is 0.513 bits per heavy atom. The van der Waals surface area contributed by atoms with E-state index < -0.39 is 0 Å². The molecular weight excluding hydrogens is 484 g/mol. The lowest BCUT2D eigenvalue weighted by Gasteiger charge is -2.32. The van der Waals surface area contributed by atoms with Gasteiger partial charge in [0.1, 0.15) is 0 Å². The Labute approximate surface area is 227 Å². The summed E-state index contributed by atoms with van der Waals surface area (Å²) >= 11 is 0. The SMILES string of the molecule is CN1C(=O)c2c(N3CCc4ccccc43)cc(N3CCc4ccccc43)c(N3CCc4ccccc43)c2C1=O. The molecule has 2 amide bonds. The number of nitrogens with zero attached hydrogens (tertiary/aromatic N) is 4. The first-order chi connectivity index (χ1) is 19.1. The van der Waals surface area contributed by atoms with Crippen molar-refractivity contribution >= 4 is 45.9 Å². The number of rotatable bonds is 3. The summed E-state index contributed by atoms with van der Waals surface area (Å²) in [5.41, 5.74) is 11.0. The van der Waals surface area contributed by atoms with Crippen LogP contribution in [0.15, 0.2) is 78.9 Å².